The van der Waals surface area contributed by atoms with E-state index in [1.54, 1.807) is 11.1 Å². The molecule has 166 valence electrons. The molecular weight excluding hydrogens is 448 g/mol. The summed E-state index contributed by atoms with van der Waals surface area (Å²) in [5.74, 6) is 0. The van der Waals surface area contributed by atoms with Crippen molar-refractivity contribution in [1.29, 1.82) is 0 Å². The van der Waals surface area contributed by atoms with E-state index in [9.17, 15) is 0 Å². The van der Waals surface area contributed by atoms with Gasteiger partial charge in [0.15, 0.2) is 0 Å². The highest BCUT2D eigenvalue weighted by atomic mass is 32.1. The van der Waals surface area contributed by atoms with E-state index in [1.165, 1.54) is 75.1 Å². The van der Waals surface area contributed by atoms with Crippen LogP contribution in [0.15, 0.2) is 60.7 Å². The van der Waals surface area contributed by atoms with Crippen molar-refractivity contribution in [2.24, 2.45) is 0 Å². The Morgan fingerprint density at radius 3 is 1.29 bits per heavy atom. The normalized spacial score (nSPS) is 13.1. The van der Waals surface area contributed by atoms with Gasteiger partial charge in [-0.15, -0.1) is 22.7 Å². The van der Waals surface area contributed by atoms with Crippen molar-refractivity contribution in [3.63, 3.8) is 0 Å². The van der Waals surface area contributed by atoms with E-state index in [-0.39, 0.29) is 0 Å². The van der Waals surface area contributed by atoms with E-state index in [4.69, 9.17) is 0 Å². The summed E-state index contributed by atoms with van der Waals surface area (Å²) in [7, 11) is 0. The molecule has 0 aliphatic heterocycles. The summed E-state index contributed by atoms with van der Waals surface area (Å²) in [5.41, 5.74) is 17.5. The van der Waals surface area contributed by atoms with E-state index in [1.807, 2.05) is 22.7 Å². The van der Waals surface area contributed by atoms with E-state index < -0.39 is 0 Å². The highest BCUT2D eigenvalue weighted by Crippen LogP contribution is 2.55. The topological polar surface area (TPSA) is 0 Å². The molecule has 0 amide bonds. The number of fused-ring (bicyclic) bond motifs is 6. The van der Waals surface area contributed by atoms with Crippen LogP contribution >= 0.6 is 22.7 Å². The lowest BCUT2D eigenvalue weighted by Gasteiger charge is -2.16. The zero-order valence-electron chi connectivity index (χ0n) is 20.0. The number of rotatable bonds is 2. The number of hydrogen-bond acceptors (Lipinski definition) is 2. The van der Waals surface area contributed by atoms with E-state index >= 15 is 0 Å². The zero-order chi connectivity index (χ0) is 23.1. The lowest BCUT2D eigenvalue weighted by molar-refractivity contribution is 1.17. The second-order valence-electron chi connectivity index (χ2n) is 9.97. The van der Waals surface area contributed by atoms with Crippen molar-refractivity contribution in [3.05, 3.63) is 105 Å². The van der Waals surface area contributed by atoms with Gasteiger partial charge in [-0.3, -0.25) is 0 Å². The first-order valence-electron chi connectivity index (χ1n) is 12.0. The minimum Gasteiger partial charge on any atom is -0.135 e. The average Bonchev–Trinajstić information content (AvgIpc) is 3.57. The van der Waals surface area contributed by atoms with Crippen LogP contribution < -0.4 is 0 Å². The van der Waals surface area contributed by atoms with Crippen LogP contribution in [0.4, 0.5) is 0 Å². The lowest BCUT2D eigenvalue weighted by Crippen LogP contribution is -1.97. The molecule has 0 N–H and O–H groups in total. The van der Waals surface area contributed by atoms with Gasteiger partial charge in [-0.05, 0) is 108 Å². The van der Waals surface area contributed by atoms with E-state index in [0.29, 0.717) is 0 Å². The maximum absolute atomic E-state index is 2.45. The number of hydrogen-bond donors (Lipinski definition) is 0. The van der Waals surface area contributed by atoms with Gasteiger partial charge in [0, 0.05) is 19.5 Å². The maximum Gasteiger partial charge on any atom is 0.0390 e. The van der Waals surface area contributed by atoms with Crippen molar-refractivity contribution in [3.8, 4) is 41.8 Å². The monoisotopic (exact) mass is 474 g/mol. The molecule has 0 nitrogen and oxygen atoms in total. The maximum atomic E-state index is 2.45. The largest absolute Gasteiger partial charge is 0.135 e. The molecule has 2 heteroatoms. The molecule has 0 spiro atoms. The summed E-state index contributed by atoms with van der Waals surface area (Å²) < 4.78 is 0. The van der Waals surface area contributed by atoms with Gasteiger partial charge in [0.05, 0.1) is 0 Å². The number of thiophene rings is 2. The van der Waals surface area contributed by atoms with Crippen LogP contribution in [-0.2, 0) is 12.8 Å². The second kappa shape index (κ2) is 7.28. The summed E-state index contributed by atoms with van der Waals surface area (Å²) in [6, 6.07) is 22.8. The summed E-state index contributed by atoms with van der Waals surface area (Å²) in [6.07, 6.45) is 2.14. The smallest absolute Gasteiger partial charge is 0.0390 e. The predicted molar refractivity (Wildman–Crippen MR) is 148 cm³/mol. The van der Waals surface area contributed by atoms with Crippen molar-refractivity contribution in [2.45, 2.75) is 40.5 Å². The van der Waals surface area contributed by atoms with Gasteiger partial charge in [0.1, 0.15) is 0 Å². The van der Waals surface area contributed by atoms with Crippen molar-refractivity contribution in [1.82, 2.24) is 0 Å². The van der Waals surface area contributed by atoms with Crippen LogP contribution in [0.25, 0.3) is 41.8 Å². The summed E-state index contributed by atoms with van der Waals surface area (Å²) in [5, 5.41) is 0. The van der Waals surface area contributed by atoms with Crippen molar-refractivity contribution < 1.29 is 0 Å². The van der Waals surface area contributed by atoms with Crippen molar-refractivity contribution in [2.75, 3.05) is 0 Å². The summed E-state index contributed by atoms with van der Waals surface area (Å²) in [6.45, 7) is 9.05. The van der Waals surface area contributed by atoms with Gasteiger partial charge < -0.3 is 0 Å². The Morgan fingerprint density at radius 1 is 0.529 bits per heavy atom. The Hall–Kier alpha value is -2.94. The molecule has 3 aromatic carbocycles. The second-order valence-corrected chi connectivity index (χ2v) is 12.1. The molecule has 0 saturated heterocycles. The molecule has 0 atom stereocenters. The van der Waals surface area contributed by atoms with Gasteiger partial charge in [-0.25, -0.2) is 0 Å². The molecule has 34 heavy (non-hydrogen) atoms. The zero-order valence-corrected chi connectivity index (χ0v) is 21.6. The highest BCUT2D eigenvalue weighted by Gasteiger charge is 2.33. The molecule has 2 aromatic heterocycles. The molecule has 0 bridgehead atoms. The van der Waals surface area contributed by atoms with Crippen LogP contribution in [0.2, 0.25) is 0 Å². The first kappa shape index (κ1) is 20.4. The summed E-state index contributed by atoms with van der Waals surface area (Å²) >= 11 is 3.96. The van der Waals surface area contributed by atoms with Crippen LogP contribution in [-0.4, -0.2) is 0 Å². The van der Waals surface area contributed by atoms with Crippen LogP contribution in [0.3, 0.4) is 0 Å². The lowest BCUT2D eigenvalue weighted by atomic mass is 9.90. The Bertz CT molecular complexity index is 1480. The number of benzene rings is 3. The first-order valence-corrected chi connectivity index (χ1v) is 13.7. The third-order valence-electron chi connectivity index (χ3n) is 7.74. The van der Waals surface area contributed by atoms with Crippen LogP contribution in [0.1, 0.15) is 44.5 Å². The summed E-state index contributed by atoms with van der Waals surface area (Å²) in [4.78, 5) is 5.80. The van der Waals surface area contributed by atoms with Gasteiger partial charge >= 0.3 is 0 Å². The Kier molecular flexibility index (Phi) is 4.37. The Labute approximate surface area is 209 Å². The van der Waals surface area contributed by atoms with Gasteiger partial charge in [-0.1, -0.05) is 59.7 Å². The standard InChI is InChI=1S/C32H26S2/c1-17-5-9-21(10-6-17)27-15-23-13-25-20(4)30-26(19(3)29(25)31(23)33-27)14-24-16-28(34-32(24)30)22-11-7-18(2)8-12-22/h5-12,15-16H,13-14H2,1-4H3. The molecule has 7 rings (SSSR count). The molecule has 0 fully saturated rings. The van der Waals surface area contributed by atoms with Gasteiger partial charge in [0.2, 0.25) is 0 Å². The van der Waals surface area contributed by atoms with Gasteiger partial charge in [-0.2, -0.15) is 0 Å². The quantitative estimate of drug-likeness (QED) is 0.234. The fourth-order valence-corrected chi connectivity index (χ4v) is 8.46. The first-order chi connectivity index (χ1) is 16.5. The molecule has 0 unspecified atom stereocenters. The fraction of sp³-hybridized carbons (Fsp3) is 0.188. The number of aryl methyl sites for hydroxylation is 2. The molecule has 0 radical (unpaired) electrons. The molecule has 2 aliphatic rings. The van der Waals surface area contributed by atoms with E-state index in [0.717, 1.165) is 12.8 Å². The molecule has 2 heterocycles. The highest BCUT2D eigenvalue weighted by molar-refractivity contribution is 7.19. The average molecular weight is 475 g/mol. The molecule has 2 aliphatic carbocycles. The Balaban J connectivity index is 1.33. The van der Waals surface area contributed by atoms with Crippen LogP contribution in [0.5, 0.6) is 0 Å². The van der Waals surface area contributed by atoms with Gasteiger partial charge in [0.25, 0.3) is 0 Å². The minimum atomic E-state index is 1.07. The minimum absolute atomic E-state index is 1.07. The molecule has 5 aromatic rings. The SMILES string of the molecule is Cc1ccc(-c2cc3c(s2)-c2c(C)c4c(c(C)c2C3)-c2sc(-c3ccc(C)cc3)cc2C4)cc1. The third-order valence-corrected chi connectivity index (χ3v) is 10.2. The third kappa shape index (κ3) is 2.88. The van der Waals surface area contributed by atoms with Crippen molar-refractivity contribution >= 4 is 22.7 Å². The van der Waals surface area contributed by atoms with Crippen LogP contribution in [0, 0.1) is 27.7 Å². The Morgan fingerprint density at radius 2 is 0.912 bits per heavy atom. The molecule has 0 saturated carbocycles. The van der Waals surface area contributed by atoms with E-state index in [2.05, 4.69) is 88.4 Å². The predicted octanol–water partition coefficient (Wildman–Crippen LogP) is 9.52. The fourth-order valence-electron chi connectivity index (χ4n) is 5.83. The molecular formula is C32H26S2.